The van der Waals surface area contributed by atoms with Crippen LogP contribution in [-0.4, -0.2) is 23.9 Å². The van der Waals surface area contributed by atoms with Crippen LogP contribution in [-0.2, 0) is 17.8 Å². The first-order valence-corrected chi connectivity index (χ1v) is 7.86. The number of benzene rings is 2. The van der Waals surface area contributed by atoms with Gasteiger partial charge in [-0.3, -0.25) is 9.69 Å². The van der Waals surface area contributed by atoms with Gasteiger partial charge in [-0.25, -0.2) is 0 Å². The number of carbonyl (C=O) groups is 1. The van der Waals surface area contributed by atoms with Crippen molar-refractivity contribution in [3.8, 4) is 0 Å². The lowest BCUT2D eigenvalue weighted by molar-refractivity contribution is -0.117. The van der Waals surface area contributed by atoms with Crippen molar-refractivity contribution in [2.24, 2.45) is 0 Å². The molecule has 2 aromatic carbocycles. The van der Waals surface area contributed by atoms with E-state index in [1.807, 2.05) is 36.4 Å². The molecule has 0 aliphatic carbocycles. The summed E-state index contributed by atoms with van der Waals surface area (Å²) in [5, 5.41) is 2.99. The van der Waals surface area contributed by atoms with Crippen LogP contribution in [0, 0.1) is 0 Å². The highest BCUT2D eigenvalue weighted by atomic mass is 16.2. The molecular weight excluding hydrogens is 272 g/mol. The number of hydrogen-bond acceptors (Lipinski definition) is 2. The highest BCUT2D eigenvalue weighted by Crippen LogP contribution is 2.11. The second kappa shape index (κ2) is 8.35. The number of anilines is 1. The minimum Gasteiger partial charge on any atom is -0.325 e. The molecule has 0 bridgehead atoms. The molecule has 0 spiro atoms. The van der Waals surface area contributed by atoms with Gasteiger partial charge < -0.3 is 5.32 Å². The molecule has 0 heterocycles. The Hall–Kier alpha value is -2.13. The van der Waals surface area contributed by atoms with Crippen LogP contribution in [0.3, 0.4) is 0 Å². The zero-order valence-electron chi connectivity index (χ0n) is 13.4. The maximum Gasteiger partial charge on any atom is 0.238 e. The molecule has 0 radical (unpaired) electrons. The summed E-state index contributed by atoms with van der Waals surface area (Å²) in [6.45, 7) is 6.23. The summed E-state index contributed by atoms with van der Waals surface area (Å²) >= 11 is 0. The van der Waals surface area contributed by atoms with Crippen LogP contribution in [0.25, 0.3) is 0 Å². The third-order valence-electron chi connectivity index (χ3n) is 3.68. The Balaban J connectivity index is 1.91. The molecule has 1 N–H and O–H groups in total. The van der Waals surface area contributed by atoms with E-state index in [0.29, 0.717) is 6.54 Å². The SMILES string of the molecule is CCc1cccc(NC(=O)CN(CC)Cc2ccccc2)c1. The van der Waals surface area contributed by atoms with E-state index in [1.165, 1.54) is 11.1 Å². The Morgan fingerprint density at radius 2 is 1.73 bits per heavy atom. The first-order chi connectivity index (χ1) is 10.7. The van der Waals surface area contributed by atoms with Gasteiger partial charge in [0.15, 0.2) is 0 Å². The molecule has 2 rings (SSSR count). The minimum atomic E-state index is 0.0334. The van der Waals surface area contributed by atoms with Crippen LogP contribution >= 0.6 is 0 Å². The number of likely N-dealkylation sites (N-methyl/N-ethyl adjacent to an activating group) is 1. The number of nitrogens with zero attached hydrogens (tertiary/aromatic N) is 1. The van der Waals surface area contributed by atoms with Gasteiger partial charge in [0, 0.05) is 12.2 Å². The van der Waals surface area contributed by atoms with Crippen molar-refractivity contribution >= 4 is 11.6 Å². The lowest BCUT2D eigenvalue weighted by atomic mass is 10.1. The lowest BCUT2D eigenvalue weighted by Gasteiger charge is -2.20. The lowest BCUT2D eigenvalue weighted by Crippen LogP contribution is -2.32. The predicted octanol–water partition coefficient (Wildman–Crippen LogP) is 3.71. The van der Waals surface area contributed by atoms with Crippen molar-refractivity contribution in [3.05, 3.63) is 65.7 Å². The van der Waals surface area contributed by atoms with Gasteiger partial charge in [-0.15, -0.1) is 0 Å². The first kappa shape index (κ1) is 16.2. The molecule has 0 aromatic heterocycles. The average molecular weight is 296 g/mol. The van der Waals surface area contributed by atoms with E-state index in [4.69, 9.17) is 0 Å². The highest BCUT2D eigenvalue weighted by Gasteiger charge is 2.10. The molecule has 3 heteroatoms. The maximum absolute atomic E-state index is 12.2. The Morgan fingerprint density at radius 3 is 2.41 bits per heavy atom. The van der Waals surface area contributed by atoms with E-state index in [-0.39, 0.29) is 5.91 Å². The Bertz CT molecular complexity index is 595. The quantitative estimate of drug-likeness (QED) is 0.844. The number of amides is 1. The summed E-state index contributed by atoms with van der Waals surface area (Å²) in [4.78, 5) is 14.4. The fraction of sp³-hybridized carbons (Fsp3) is 0.316. The van der Waals surface area contributed by atoms with Crippen molar-refractivity contribution in [1.29, 1.82) is 0 Å². The van der Waals surface area contributed by atoms with Crippen LogP contribution in [0.4, 0.5) is 5.69 Å². The molecule has 0 saturated carbocycles. The van der Waals surface area contributed by atoms with Crippen LogP contribution in [0.5, 0.6) is 0 Å². The summed E-state index contributed by atoms with van der Waals surface area (Å²) in [6, 6.07) is 18.3. The monoisotopic (exact) mass is 296 g/mol. The smallest absolute Gasteiger partial charge is 0.238 e. The molecule has 0 aliphatic heterocycles. The van der Waals surface area contributed by atoms with Crippen LogP contribution in [0.2, 0.25) is 0 Å². The zero-order valence-corrected chi connectivity index (χ0v) is 13.4. The van der Waals surface area contributed by atoms with Gasteiger partial charge in [0.2, 0.25) is 5.91 Å². The molecule has 0 saturated heterocycles. The molecular formula is C19H24N2O. The van der Waals surface area contributed by atoms with E-state index in [2.05, 4.69) is 42.3 Å². The highest BCUT2D eigenvalue weighted by molar-refractivity contribution is 5.92. The average Bonchev–Trinajstić information content (AvgIpc) is 2.55. The van der Waals surface area contributed by atoms with E-state index in [0.717, 1.165) is 25.2 Å². The second-order valence-electron chi connectivity index (χ2n) is 5.39. The van der Waals surface area contributed by atoms with Crippen molar-refractivity contribution in [2.45, 2.75) is 26.8 Å². The van der Waals surface area contributed by atoms with Crippen molar-refractivity contribution in [2.75, 3.05) is 18.4 Å². The summed E-state index contributed by atoms with van der Waals surface area (Å²) in [6.07, 6.45) is 0.971. The van der Waals surface area contributed by atoms with Crippen molar-refractivity contribution < 1.29 is 4.79 Å². The Labute approximate surface area is 133 Å². The van der Waals surface area contributed by atoms with Crippen LogP contribution in [0.15, 0.2) is 54.6 Å². The largest absolute Gasteiger partial charge is 0.325 e. The topological polar surface area (TPSA) is 32.3 Å². The summed E-state index contributed by atoms with van der Waals surface area (Å²) in [5.74, 6) is 0.0334. The maximum atomic E-state index is 12.2. The first-order valence-electron chi connectivity index (χ1n) is 7.86. The van der Waals surface area contributed by atoms with E-state index >= 15 is 0 Å². The van der Waals surface area contributed by atoms with Gasteiger partial charge in [-0.1, -0.05) is 56.3 Å². The molecule has 3 nitrogen and oxygen atoms in total. The number of aryl methyl sites for hydroxylation is 1. The molecule has 0 unspecified atom stereocenters. The summed E-state index contributed by atoms with van der Waals surface area (Å²) in [5.41, 5.74) is 3.33. The molecule has 0 atom stereocenters. The van der Waals surface area contributed by atoms with Crippen molar-refractivity contribution in [3.63, 3.8) is 0 Å². The fourth-order valence-corrected chi connectivity index (χ4v) is 2.39. The van der Waals surface area contributed by atoms with Gasteiger partial charge in [-0.2, -0.15) is 0 Å². The molecule has 1 amide bonds. The Morgan fingerprint density at radius 1 is 1.00 bits per heavy atom. The minimum absolute atomic E-state index is 0.0334. The molecule has 22 heavy (non-hydrogen) atoms. The molecule has 0 fully saturated rings. The van der Waals surface area contributed by atoms with Gasteiger partial charge in [0.1, 0.15) is 0 Å². The van der Waals surface area contributed by atoms with E-state index in [1.54, 1.807) is 0 Å². The number of nitrogens with one attached hydrogen (secondary N) is 1. The summed E-state index contributed by atoms with van der Waals surface area (Å²) < 4.78 is 0. The van der Waals surface area contributed by atoms with E-state index in [9.17, 15) is 4.79 Å². The number of rotatable bonds is 7. The number of carbonyl (C=O) groups excluding carboxylic acids is 1. The third kappa shape index (κ3) is 5.01. The molecule has 2 aromatic rings. The van der Waals surface area contributed by atoms with Gasteiger partial charge in [0.25, 0.3) is 0 Å². The van der Waals surface area contributed by atoms with Crippen LogP contribution in [0.1, 0.15) is 25.0 Å². The van der Waals surface area contributed by atoms with Crippen molar-refractivity contribution in [1.82, 2.24) is 4.90 Å². The zero-order chi connectivity index (χ0) is 15.8. The molecule has 116 valence electrons. The summed E-state index contributed by atoms with van der Waals surface area (Å²) in [7, 11) is 0. The second-order valence-corrected chi connectivity index (χ2v) is 5.39. The normalized spacial score (nSPS) is 10.7. The fourth-order valence-electron chi connectivity index (χ4n) is 2.39. The standard InChI is InChI=1S/C19H24N2O/c1-3-16-11-8-12-18(13-16)20-19(22)15-21(4-2)14-17-9-6-5-7-10-17/h5-13H,3-4,14-15H2,1-2H3,(H,20,22). The number of hydrogen-bond donors (Lipinski definition) is 1. The van der Waals surface area contributed by atoms with Gasteiger partial charge in [-0.05, 0) is 36.2 Å². The van der Waals surface area contributed by atoms with Gasteiger partial charge in [0.05, 0.1) is 6.54 Å². The van der Waals surface area contributed by atoms with Gasteiger partial charge >= 0.3 is 0 Å². The Kier molecular flexibility index (Phi) is 6.16. The molecule has 0 aliphatic rings. The third-order valence-corrected chi connectivity index (χ3v) is 3.68. The van der Waals surface area contributed by atoms with Crippen LogP contribution < -0.4 is 5.32 Å². The van der Waals surface area contributed by atoms with E-state index < -0.39 is 0 Å². The predicted molar refractivity (Wildman–Crippen MR) is 91.8 cm³/mol.